The maximum Gasteiger partial charge on any atom is 0.245 e. The molecule has 4 nitrogen and oxygen atoms in total. The van der Waals surface area contributed by atoms with Gasteiger partial charge in [-0.3, -0.25) is 0 Å². The van der Waals surface area contributed by atoms with Crippen molar-refractivity contribution in [1.29, 1.82) is 0 Å². The number of hydrogen-bond donors (Lipinski definition) is 1. The monoisotopic (exact) mass is 308 g/mol. The van der Waals surface area contributed by atoms with Crippen molar-refractivity contribution in [2.45, 2.75) is 44.4 Å². The van der Waals surface area contributed by atoms with Gasteiger partial charge in [-0.15, -0.1) is 0 Å². The average Bonchev–Trinajstić information content (AvgIpc) is 3.27. The number of aryl methyl sites for hydroxylation is 2. The lowest BCUT2D eigenvalue weighted by Gasteiger charge is -2.23. The minimum absolute atomic E-state index is 0.284. The molecule has 3 rings (SSSR count). The number of sulfonamides is 1. The van der Waals surface area contributed by atoms with Crippen LogP contribution >= 0.6 is 0 Å². The summed E-state index contributed by atoms with van der Waals surface area (Å²) in [6.07, 6.45) is 4.61. The van der Waals surface area contributed by atoms with Crippen LogP contribution in [0.25, 0.3) is 0 Å². The fraction of sp³-hybridized carbons (Fsp3) is 0.625. The van der Waals surface area contributed by atoms with E-state index >= 15 is 0 Å². The molecule has 0 radical (unpaired) electrons. The summed E-state index contributed by atoms with van der Waals surface area (Å²) in [5.41, 5.74) is 8.37. The average molecular weight is 308 g/mol. The van der Waals surface area contributed by atoms with E-state index < -0.39 is 10.0 Å². The first-order valence-corrected chi connectivity index (χ1v) is 9.19. The summed E-state index contributed by atoms with van der Waals surface area (Å²) >= 11 is 0. The smallest absolute Gasteiger partial charge is 0.245 e. The highest BCUT2D eigenvalue weighted by Gasteiger charge is 2.36. The first kappa shape index (κ1) is 14.9. The fourth-order valence-electron chi connectivity index (χ4n) is 2.62. The Balaban J connectivity index is 1.93. The summed E-state index contributed by atoms with van der Waals surface area (Å²) in [4.78, 5) is 0.284. The molecule has 1 aromatic carbocycles. The van der Waals surface area contributed by atoms with Crippen LogP contribution in [0.4, 0.5) is 5.69 Å². The molecule has 2 saturated carbocycles. The number of nitrogens with zero attached hydrogens (tertiary/aromatic N) is 1. The molecule has 0 unspecified atom stereocenters. The summed E-state index contributed by atoms with van der Waals surface area (Å²) in [5.74, 6) is 1.09. The molecule has 0 atom stereocenters. The molecule has 0 heterocycles. The van der Waals surface area contributed by atoms with E-state index in [9.17, 15) is 8.42 Å². The molecular weight excluding hydrogens is 284 g/mol. The Bertz CT molecular complexity index is 632. The maximum absolute atomic E-state index is 13.0. The number of nitrogen functional groups attached to an aromatic ring is 1. The zero-order valence-electron chi connectivity index (χ0n) is 12.8. The van der Waals surface area contributed by atoms with Gasteiger partial charge in [0.05, 0.1) is 5.69 Å². The van der Waals surface area contributed by atoms with E-state index in [4.69, 9.17) is 5.73 Å². The number of nitrogens with two attached hydrogens (primary N) is 1. The summed E-state index contributed by atoms with van der Waals surface area (Å²) in [6.45, 7) is 5.20. The molecule has 0 bridgehead atoms. The predicted octanol–water partition coefficient (Wildman–Crippen LogP) is 2.70. The number of benzene rings is 1. The van der Waals surface area contributed by atoms with Crippen LogP contribution in [0.3, 0.4) is 0 Å². The van der Waals surface area contributed by atoms with E-state index in [0.717, 1.165) is 36.8 Å². The molecule has 0 saturated heterocycles. The highest BCUT2D eigenvalue weighted by molar-refractivity contribution is 7.89. The Morgan fingerprint density at radius 1 is 1.05 bits per heavy atom. The van der Waals surface area contributed by atoms with Gasteiger partial charge in [0, 0.05) is 13.1 Å². The Morgan fingerprint density at radius 3 is 2.00 bits per heavy atom. The largest absolute Gasteiger partial charge is 0.398 e. The minimum Gasteiger partial charge on any atom is -0.398 e. The van der Waals surface area contributed by atoms with Gasteiger partial charge in [0.1, 0.15) is 4.90 Å². The lowest BCUT2D eigenvalue weighted by atomic mass is 10.1. The van der Waals surface area contributed by atoms with Gasteiger partial charge in [-0.2, -0.15) is 4.31 Å². The van der Waals surface area contributed by atoms with E-state index in [2.05, 4.69) is 0 Å². The third-order valence-corrected chi connectivity index (χ3v) is 6.45. The van der Waals surface area contributed by atoms with Gasteiger partial charge in [-0.05, 0) is 74.6 Å². The molecule has 0 spiro atoms. The second kappa shape index (κ2) is 5.29. The molecule has 116 valence electrons. The van der Waals surface area contributed by atoms with Crippen LogP contribution in [0, 0.1) is 25.7 Å². The standard InChI is InChI=1S/C16H24N2O2S/c1-11-7-15(17)16(8-12(11)2)21(19,20)18(9-13-3-4-13)10-14-5-6-14/h7-8,13-14H,3-6,9-10,17H2,1-2H3. The van der Waals surface area contributed by atoms with Gasteiger partial charge in [-0.1, -0.05) is 0 Å². The van der Waals surface area contributed by atoms with Crippen molar-refractivity contribution >= 4 is 15.7 Å². The summed E-state index contributed by atoms with van der Waals surface area (Å²) < 4.78 is 27.7. The van der Waals surface area contributed by atoms with E-state index in [-0.39, 0.29) is 4.90 Å². The normalized spacial score (nSPS) is 19.2. The van der Waals surface area contributed by atoms with Crippen molar-refractivity contribution in [3.63, 3.8) is 0 Å². The maximum atomic E-state index is 13.0. The molecular formula is C16H24N2O2S. The molecule has 2 aliphatic carbocycles. The van der Waals surface area contributed by atoms with Crippen LogP contribution in [0.15, 0.2) is 17.0 Å². The third kappa shape index (κ3) is 3.24. The van der Waals surface area contributed by atoms with Crippen molar-refractivity contribution in [1.82, 2.24) is 4.31 Å². The van der Waals surface area contributed by atoms with Gasteiger partial charge >= 0.3 is 0 Å². The zero-order valence-corrected chi connectivity index (χ0v) is 13.6. The van der Waals surface area contributed by atoms with Crippen molar-refractivity contribution in [2.75, 3.05) is 18.8 Å². The van der Waals surface area contributed by atoms with Crippen LogP contribution < -0.4 is 5.73 Å². The van der Waals surface area contributed by atoms with Crippen LogP contribution in [0.5, 0.6) is 0 Å². The van der Waals surface area contributed by atoms with Crippen molar-refractivity contribution in [3.05, 3.63) is 23.3 Å². The van der Waals surface area contributed by atoms with Crippen LogP contribution in [-0.2, 0) is 10.0 Å². The van der Waals surface area contributed by atoms with Crippen molar-refractivity contribution in [2.24, 2.45) is 11.8 Å². The first-order chi connectivity index (χ1) is 9.88. The van der Waals surface area contributed by atoms with Gasteiger partial charge in [0.2, 0.25) is 10.0 Å². The van der Waals surface area contributed by atoms with E-state index in [0.29, 0.717) is 30.6 Å². The van der Waals surface area contributed by atoms with Crippen molar-refractivity contribution < 1.29 is 8.42 Å². The second-order valence-corrected chi connectivity index (χ2v) is 8.59. The SMILES string of the molecule is Cc1cc(N)c(S(=O)(=O)N(CC2CC2)CC2CC2)cc1C. The Hall–Kier alpha value is -1.07. The topological polar surface area (TPSA) is 63.4 Å². The molecule has 5 heteroatoms. The van der Waals surface area contributed by atoms with E-state index in [1.807, 2.05) is 13.8 Å². The Kier molecular flexibility index (Phi) is 3.74. The summed E-state index contributed by atoms with van der Waals surface area (Å²) in [6, 6.07) is 3.50. The van der Waals surface area contributed by atoms with Crippen LogP contribution in [-0.4, -0.2) is 25.8 Å². The molecule has 2 fully saturated rings. The number of rotatable bonds is 6. The van der Waals surface area contributed by atoms with Gasteiger partial charge in [-0.25, -0.2) is 8.42 Å². The Labute approximate surface area is 127 Å². The zero-order chi connectivity index (χ0) is 15.2. The highest BCUT2D eigenvalue weighted by Crippen LogP contribution is 2.37. The molecule has 0 aromatic heterocycles. The third-order valence-electron chi connectivity index (χ3n) is 4.56. The van der Waals surface area contributed by atoms with E-state index in [1.165, 1.54) is 0 Å². The fourth-order valence-corrected chi connectivity index (χ4v) is 4.40. The lowest BCUT2D eigenvalue weighted by Crippen LogP contribution is -2.35. The van der Waals surface area contributed by atoms with Crippen LogP contribution in [0.1, 0.15) is 36.8 Å². The summed E-state index contributed by atoms with van der Waals surface area (Å²) in [5, 5.41) is 0. The molecule has 21 heavy (non-hydrogen) atoms. The quantitative estimate of drug-likeness (QED) is 0.822. The highest BCUT2D eigenvalue weighted by atomic mass is 32.2. The molecule has 2 N–H and O–H groups in total. The molecule has 1 aromatic rings. The van der Waals surface area contributed by atoms with Gasteiger partial charge in [0.15, 0.2) is 0 Å². The minimum atomic E-state index is -3.47. The lowest BCUT2D eigenvalue weighted by molar-refractivity contribution is 0.382. The van der Waals surface area contributed by atoms with Crippen LogP contribution in [0.2, 0.25) is 0 Å². The second-order valence-electron chi connectivity index (χ2n) is 6.68. The molecule has 2 aliphatic rings. The molecule has 0 amide bonds. The number of anilines is 1. The van der Waals surface area contributed by atoms with Crippen molar-refractivity contribution in [3.8, 4) is 0 Å². The predicted molar refractivity (Wildman–Crippen MR) is 84.5 cm³/mol. The number of hydrogen-bond acceptors (Lipinski definition) is 3. The van der Waals surface area contributed by atoms with Gasteiger partial charge < -0.3 is 5.73 Å². The first-order valence-electron chi connectivity index (χ1n) is 7.75. The summed E-state index contributed by atoms with van der Waals surface area (Å²) in [7, 11) is -3.47. The van der Waals surface area contributed by atoms with Gasteiger partial charge in [0.25, 0.3) is 0 Å². The van der Waals surface area contributed by atoms with E-state index in [1.54, 1.807) is 16.4 Å². The molecule has 0 aliphatic heterocycles. The Morgan fingerprint density at radius 2 is 1.52 bits per heavy atom.